The maximum atomic E-state index is 12.7. The summed E-state index contributed by atoms with van der Waals surface area (Å²) in [5, 5.41) is 0.544. The van der Waals surface area contributed by atoms with Crippen LogP contribution < -0.4 is 15.2 Å². The molecule has 1 fully saturated rings. The van der Waals surface area contributed by atoms with E-state index in [9.17, 15) is 9.59 Å². The molecule has 2 aromatic carbocycles. The molecule has 2 aliphatic heterocycles. The molecule has 0 unspecified atom stereocenters. The Kier molecular flexibility index (Phi) is 4.86. The summed E-state index contributed by atoms with van der Waals surface area (Å²) < 4.78 is 7.47. The van der Waals surface area contributed by atoms with Gasteiger partial charge in [-0.1, -0.05) is 18.2 Å². The normalized spacial score (nSPS) is 16.0. The minimum absolute atomic E-state index is 0.0266. The fourth-order valence-corrected chi connectivity index (χ4v) is 4.24. The number of para-hydroxylation sites is 1. The highest BCUT2D eigenvalue weighted by Gasteiger charge is 2.22. The maximum absolute atomic E-state index is 12.7. The van der Waals surface area contributed by atoms with Crippen molar-refractivity contribution in [3.8, 4) is 5.75 Å². The van der Waals surface area contributed by atoms with E-state index < -0.39 is 0 Å². The van der Waals surface area contributed by atoms with Crippen molar-refractivity contribution in [1.29, 1.82) is 0 Å². The number of amides is 1. The van der Waals surface area contributed by atoms with Crippen molar-refractivity contribution in [1.82, 2.24) is 14.5 Å². The van der Waals surface area contributed by atoms with E-state index in [1.807, 2.05) is 23.1 Å². The maximum Gasteiger partial charge on any atom is 0.261 e. The van der Waals surface area contributed by atoms with E-state index in [1.54, 1.807) is 22.8 Å². The average molecular weight is 404 g/mol. The second kappa shape index (κ2) is 7.82. The summed E-state index contributed by atoms with van der Waals surface area (Å²) >= 11 is 0. The predicted molar refractivity (Wildman–Crippen MR) is 115 cm³/mol. The molecule has 1 amide bonds. The first-order chi connectivity index (χ1) is 14.7. The Labute approximate surface area is 174 Å². The van der Waals surface area contributed by atoms with Crippen LogP contribution in [0.3, 0.4) is 0 Å². The third-order valence-electron chi connectivity index (χ3n) is 5.90. The van der Waals surface area contributed by atoms with Gasteiger partial charge in [-0.3, -0.25) is 14.2 Å². The molecule has 7 heteroatoms. The first kappa shape index (κ1) is 18.7. The third kappa shape index (κ3) is 3.51. The van der Waals surface area contributed by atoms with E-state index >= 15 is 0 Å². The lowest BCUT2D eigenvalue weighted by Crippen LogP contribution is -2.50. The number of hydrogen-bond acceptors (Lipinski definition) is 5. The van der Waals surface area contributed by atoms with Crippen LogP contribution in [-0.4, -0.2) is 53.1 Å². The lowest BCUT2D eigenvalue weighted by Gasteiger charge is -2.36. The van der Waals surface area contributed by atoms with E-state index in [0.717, 1.165) is 38.3 Å². The van der Waals surface area contributed by atoms with Crippen LogP contribution in [0.25, 0.3) is 10.9 Å². The molecular formula is C23H24N4O3. The summed E-state index contributed by atoms with van der Waals surface area (Å²) in [5.41, 5.74) is 1.84. The highest BCUT2D eigenvalue weighted by atomic mass is 16.5. The lowest BCUT2D eigenvalue weighted by atomic mass is 10.2. The first-order valence-electron chi connectivity index (χ1n) is 10.4. The third-order valence-corrected chi connectivity index (χ3v) is 5.90. The van der Waals surface area contributed by atoms with Crippen LogP contribution in [0.5, 0.6) is 5.75 Å². The summed E-state index contributed by atoms with van der Waals surface area (Å²) in [5.74, 6) is 1.34. The molecule has 30 heavy (non-hydrogen) atoms. The molecule has 0 N–H and O–H groups in total. The van der Waals surface area contributed by atoms with Crippen LogP contribution in [0.2, 0.25) is 0 Å². The fraction of sp³-hybridized carbons (Fsp3) is 0.348. The van der Waals surface area contributed by atoms with Gasteiger partial charge in [-0.05, 0) is 36.8 Å². The molecule has 0 spiro atoms. The molecule has 5 rings (SSSR count). The number of carbonyl (C=O) groups is 1. The molecule has 0 aliphatic carbocycles. The smallest absolute Gasteiger partial charge is 0.261 e. The van der Waals surface area contributed by atoms with Crippen molar-refractivity contribution < 1.29 is 9.53 Å². The van der Waals surface area contributed by atoms with E-state index in [4.69, 9.17) is 4.74 Å². The van der Waals surface area contributed by atoms with Crippen molar-refractivity contribution in [3.63, 3.8) is 0 Å². The van der Waals surface area contributed by atoms with Gasteiger partial charge in [0.05, 0.1) is 10.9 Å². The summed E-state index contributed by atoms with van der Waals surface area (Å²) in [7, 11) is 0. The monoisotopic (exact) mass is 404 g/mol. The Morgan fingerprint density at radius 2 is 1.80 bits per heavy atom. The Morgan fingerprint density at radius 1 is 1.00 bits per heavy atom. The van der Waals surface area contributed by atoms with Crippen LogP contribution in [0.15, 0.2) is 53.3 Å². The molecule has 0 radical (unpaired) electrons. The zero-order valence-electron chi connectivity index (χ0n) is 16.8. The van der Waals surface area contributed by atoms with Gasteiger partial charge in [0.2, 0.25) is 0 Å². The van der Waals surface area contributed by atoms with E-state index in [-0.39, 0.29) is 18.1 Å². The van der Waals surface area contributed by atoms with Crippen molar-refractivity contribution >= 4 is 22.5 Å². The number of carbonyl (C=O) groups excluding carboxylic acids is 1. The van der Waals surface area contributed by atoms with Gasteiger partial charge in [-0.15, -0.1) is 0 Å². The second-order valence-corrected chi connectivity index (χ2v) is 7.76. The van der Waals surface area contributed by atoms with Gasteiger partial charge in [0.1, 0.15) is 11.6 Å². The number of piperazine rings is 1. The van der Waals surface area contributed by atoms with E-state index in [1.165, 1.54) is 5.69 Å². The molecule has 1 saturated heterocycles. The Bertz CT molecular complexity index is 1130. The predicted octanol–water partition coefficient (Wildman–Crippen LogP) is 2.07. The summed E-state index contributed by atoms with van der Waals surface area (Å²) in [6, 6.07) is 15.5. The van der Waals surface area contributed by atoms with Crippen molar-refractivity contribution in [3.05, 3.63) is 64.7 Å². The molecular weight excluding hydrogens is 380 g/mol. The minimum atomic E-state index is -0.0355. The number of fused-ring (bicyclic) bond motifs is 2. The fourth-order valence-electron chi connectivity index (χ4n) is 4.24. The largest absolute Gasteiger partial charge is 0.484 e. The zero-order valence-corrected chi connectivity index (χ0v) is 16.8. The first-order valence-corrected chi connectivity index (χ1v) is 10.4. The van der Waals surface area contributed by atoms with E-state index in [2.05, 4.69) is 22.0 Å². The van der Waals surface area contributed by atoms with Crippen molar-refractivity contribution in [2.45, 2.75) is 19.4 Å². The molecule has 154 valence electrons. The van der Waals surface area contributed by atoms with Gasteiger partial charge in [-0.2, -0.15) is 0 Å². The minimum Gasteiger partial charge on any atom is -0.484 e. The lowest BCUT2D eigenvalue weighted by molar-refractivity contribution is -0.133. The number of nitrogens with zero attached hydrogens (tertiary/aromatic N) is 4. The van der Waals surface area contributed by atoms with Gasteiger partial charge < -0.3 is 14.5 Å². The molecule has 0 saturated carbocycles. The summed E-state index contributed by atoms with van der Waals surface area (Å²) in [6.07, 6.45) is 1.80. The number of benzene rings is 2. The van der Waals surface area contributed by atoms with Gasteiger partial charge in [-0.25, -0.2) is 4.98 Å². The quantitative estimate of drug-likeness (QED) is 0.666. The van der Waals surface area contributed by atoms with Crippen molar-refractivity contribution in [2.75, 3.05) is 37.7 Å². The summed E-state index contributed by atoms with van der Waals surface area (Å²) in [4.78, 5) is 34.0. The number of anilines is 1. The topological polar surface area (TPSA) is 67.7 Å². The Balaban J connectivity index is 1.22. The van der Waals surface area contributed by atoms with Gasteiger partial charge in [0.15, 0.2) is 6.61 Å². The highest BCUT2D eigenvalue weighted by molar-refractivity contribution is 5.80. The molecule has 3 aromatic rings. The molecule has 7 nitrogen and oxygen atoms in total. The van der Waals surface area contributed by atoms with Crippen LogP contribution in [-0.2, 0) is 17.8 Å². The molecule has 3 heterocycles. The molecule has 2 aliphatic rings. The number of aromatic nitrogens is 2. The summed E-state index contributed by atoms with van der Waals surface area (Å²) in [6.45, 7) is 3.64. The molecule has 1 aromatic heterocycles. The number of ether oxygens (including phenoxy) is 1. The van der Waals surface area contributed by atoms with Crippen LogP contribution in [0.4, 0.5) is 5.69 Å². The van der Waals surface area contributed by atoms with Crippen molar-refractivity contribution in [2.24, 2.45) is 0 Å². The van der Waals surface area contributed by atoms with Crippen LogP contribution in [0.1, 0.15) is 12.2 Å². The highest BCUT2D eigenvalue weighted by Crippen LogP contribution is 2.20. The number of rotatable bonds is 4. The van der Waals surface area contributed by atoms with E-state index in [0.29, 0.717) is 29.7 Å². The average Bonchev–Trinajstić information content (AvgIpc) is 3.27. The standard InChI is InChI=1S/C23H24N4O3/c28-22(26-13-11-25(12-14-26)17-5-2-1-3-6-17)16-30-18-8-9-20-19(15-18)23(29)27-10-4-7-21(27)24-20/h1-3,5-6,8-9,15H,4,7,10-14,16H2. The SMILES string of the molecule is O=C(COc1ccc2nc3n(c(=O)c2c1)CCC3)N1CCN(c2ccccc2)CC1. The van der Waals surface area contributed by atoms with Crippen LogP contribution >= 0.6 is 0 Å². The Hall–Kier alpha value is -3.35. The molecule has 0 bridgehead atoms. The Morgan fingerprint density at radius 3 is 2.60 bits per heavy atom. The molecule has 0 atom stereocenters. The number of hydrogen-bond donors (Lipinski definition) is 0. The number of aryl methyl sites for hydroxylation is 1. The zero-order chi connectivity index (χ0) is 20.5. The van der Waals surface area contributed by atoms with Gasteiger partial charge in [0.25, 0.3) is 11.5 Å². The van der Waals surface area contributed by atoms with Crippen LogP contribution in [0, 0.1) is 0 Å². The van der Waals surface area contributed by atoms with Gasteiger partial charge >= 0.3 is 0 Å². The van der Waals surface area contributed by atoms with Gasteiger partial charge in [0, 0.05) is 44.8 Å². The second-order valence-electron chi connectivity index (χ2n) is 7.76.